The van der Waals surface area contributed by atoms with E-state index in [2.05, 4.69) is 34.9 Å². The molecule has 0 fully saturated rings. The van der Waals surface area contributed by atoms with Gasteiger partial charge in [0, 0.05) is 22.1 Å². The Morgan fingerprint density at radius 3 is 1.45 bits per heavy atom. The molecule has 0 saturated carbocycles. The number of amides is 2. The van der Waals surface area contributed by atoms with E-state index in [9.17, 15) is 9.59 Å². The molecule has 0 heterocycles. The second-order valence-electron chi connectivity index (χ2n) is 8.50. The number of hydrogen-bond donors (Lipinski definition) is 2. The number of carbonyl (C=O) groups excluding carboxylic acids is 2. The van der Waals surface area contributed by atoms with Gasteiger partial charge in [0.25, 0.3) is 0 Å². The van der Waals surface area contributed by atoms with Gasteiger partial charge < -0.3 is 10.6 Å². The molecule has 2 aliphatic rings. The zero-order valence-corrected chi connectivity index (χ0v) is 17.1. The summed E-state index contributed by atoms with van der Waals surface area (Å²) in [6.45, 7) is 0. The summed E-state index contributed by atoms with van der Waals surface area (Å²) in [7, 11) is 0. The smallest absolute Gasteiger partial charge is 0.233 e. The predicted octanol–water partition coefficient (Wildman–Crippen LogP) is 5.16. The van der Waals surface area contributed by atoms with E-state index >= 15 is 0 Å². The standard InChI is InChI=1S/C27H22N2O2/c30-24(28-22-13-11-18-9-7-16-3-1-5-20(22)26(16)18)15-25(31)29-23-14-12-19-10-8-17-4-2-6-21(23)27(17)19/h1-6,11-14H,7-10,15H2,(H,28,30)(H,29,31). The van der Waals surface area contributed by atoms with Gasteiger partial charge in [-0.1, -0.05) is 48.5 Å². The van der Waals surface area contributed by atoms with E-state index in [1.165, 1.54) is 33.0 Å². The van der Waals surface area contributed by atoms with E-state index < -0.39 is 0 Å². The minimum Gasteiger partial charge on any atom is -0.325 e. The van der Waals surface area contributed by atoms with Crippen molar-refractivity contribution in [2.75, 3.05) is 10.6 Å². The fourth-order valence-corrected chi connectivity index (χ4v) is 5.25. The SMILES string of the molecule is O=C(CC(=O)Nc1ccc2c3c(cccc13)CC2)Nc1ccc2c3c(cccc13)CC2. The van der Waals surface area contributed by atoms with Crippen LogP contribution < -0.4 is 10.6 Å². The van der Waals surface area contributed by atoms with Crippen LogP contribution in [-0.4, -0.2) is 11.8 Å². The van der Waals surface area contributed by atoms with Crippen LogP contribution in [0.1, 0.15) is 28.7 Å². The van der Waals surface area contributed by atoms with Crippen molar-refractivity contribution in [1.82, 2.24) is 0 Å². The third-order valence-corrected chi connectivity index (χ3v) is 6.62. The Labute approximate surface area is 180 Å². The second-order valence-corrected chi connectivity index (χ2v) is 8.50. The highest BCUT2D eigenvalue weighted by Crippen LogP contribution is 2.36. The van der Waals surface area contributed by atoms with Crippen molar-refractivity contribution in [3.05, 3.63) is 82.9 Å². The van der Waals surface area contributed by atoms with E-state index in [1.54, 1.807) is 0 Å². The molecule has 0 aliphatic heterocycles. The molecule has 0 radical (unpaired) electrons. The van der Waals surface area contributed by atoms with Gasteiger partial charge in [0.1, 0.15) is 6.42 Å². The minimum atomic E-state index is -0.304. The first-order chi connectivity index (χ1) is 15.2. The molecule has 4 aromatic carbocycles. The van der Waals surface area contributed by atoms with Crippen LogP contribution in [0.15, 0.2) is 60.7 Å². The molecular weight excluding hydrogens is 384 g/mol. The molecule has 0 unspecified atom stereocenters. The number of benzene rings is 4. The van der Waals surface area contributed by atoms with E-state index in [0.29, 0.717) is 0 Å². The van der Waals surface area contributed by atoms with Gasteiger partial charge in [-0.25, -0.2) is 0 Å². The fourth-order valence-electron chi connectivity index (χ4n) is 5.25. The maximum atomic E-state index is 12.7. The molecule has 0 atom stereocenters. The van der Waals surface area contributed by atoms with Gasteiger partial charge in [0.2, 0.25) is 11.8 Å². The normalized spacial score (nSPS) is 13.7. The van der Waals surface area contributed by atoms with Gasteiger partial charge in [0.05, 0.1) is 0 Å². The van der Waals surface area contributed by atoms with Crippen molar-refractivity contribution in [1.29, 1.82) is 0 Å². The highest BCUT2D eigenvalue weighted by molar-refractivity contribution is 6.13. The number of anilines is 2. The Balaban J connectivity index is 1.21. The van der Waals surface area contributed by atoms with Crippen LogP contribution in [0.4, 0.5) is 11.4 Å². The van der Waals surface area contributed by atoms with Gasteiger partial charge in [-0.3, -0.25) is 9.59 Å². The van der Waals surface area contributed by atoms with Gasteiger partial charge in [-0.05, 0) is 70.8 Å². The summed E-state index contributed by atoms with van der Waals surface area (Å²) < 4.78 is 0. The van der Waals surface area contributed by atoms with E-state index in [-0.39, 0.29) is 18.2 Å². The Kier molecular flexibility index (Phi) is 4.06. The first-order valence-electron chi connectivity index (χ1n) is 10.8. The molecule has 4 aromatic rings. The van der Waals surface area contributed by atoms with E-state index in [1.807, 2.05) is 36.4 Å². The first-order valence-corrected chi connectivity index (χ1v) is 10.8. The summed E-state index contributed by atoms with van der Waals surface area (Å²) in [4.78, 5) is 25.3. The summed E-state index contributed by atoms with van der Waals surface area (Å²) >= 11 is 0. The van der Waals surface area contributed by atoms with Crippen LogP contribution in [0.5, 0.6) is 0 Å². The Hall–Kier alpha value is -3.66. The second kappa shape index (κ2) is 6.95. The molecule has 2 aliphatic carbocycles. The average Bonchev–Trinajstić information content (AvgIpc) is 3.38. The maximum Gasteiger partial charge on any atom is 0.233 e. The van der Waals surface area contributed by atoms with Gasteiger partial charge in [-0.15, -0.1) is 0 Å². The van der Waals surface area contributed by atoms with Gasteiger partial charge in [0.15, 0.2) is 0 Å². The number of aryl methyl sites for hydroxylation is 4. The molecular formula is C27H22N2O2. The first kappa shape index (κ1) is 18.1. The van der Waals surface area contributed by atoms with E-state index in [0.717, 1.165) is 47.8 Å². The Morgan fingerprint density at radius 2 is 1.00 bits per heavy atom. The molecule has 2 N–H and O–H groups in total. The summed E-state index contributed by atoms with van der Waals surface area (Å²) in [6.07, 6.45) is 3.95. The number of hydrogen-bond acceptors (Lipinski definition) is 2. The number of nitrogens with one attached hydrogen (secondary N) is 2. The van der Waals surface area contributed by atoms with Crippen molar-refractivity contribution < 1.29 is 9.59 Å². The minimum absolute atomic E-state index is 0.216. The van der Waals surface area contributed by atoms with Crippen molar-refractivity contribution >= 4 is 44.7 Å². The molecule has 4 heteroatoms. The summed E-state index contributed by atoms with van der Waals surface area (Å²) in [5.41, 5.74) is 6.85. The maximum absolute atomic E-state index is 12.7. The number of carbonyl (C=O) groups is 2. The van der Waals surface area contributed by atoms with Crippen molar-refractivity contribution in [2.45, 2.75) is 32.1 Å². The molecule has 4 nitrogen and oxygen atoms in total. The largest absolute Gasteiger partial charge is 0.325 e. The van der Waals surface area contributed by atoms with Crippen molar-refractivity contribution in [3.63, 3.8) is 0 Å². The quantitative estimate of drug-likeness (QED) is 0.460. The highest BCUT2D eigenvalue weighted by atomic mass is 16.2. The molecule has 0 spiro atoms. The Bertz CT molecular complexity index is 1280. The van der Waals surface area contributed by atoms with Crippen LogP contribution in [0, 0.1) is 0 Å². The monoisotopic (exact) mass is 406 g/mol. The van der Waals surface area contributed by atoms with Crippen molar-refractivity contribution in [3.8, 4) is 0 Å². The van der Waals surface area contributed by atoms with Crippen molar-refractivity contribution in [2.24, 2.45) is 0 Å². The molecule has 152 valence electrons. The molecule has 31 heavy (non-hydrogen) atoms. The van der Waals surface area contributed by atoms with Crippen LogP contribution in [-0.2, 0) is 35.3 Å². The molecule has 6 rings (SSSR count). The lowest BCUT2D eigenvalue weighted by atomic mass is 10.0. The molecule has 0 bridgehead atoms. The zero-order valence-electron chi connectivity index (χ0n) is 17.1. The molecule has 2 amide bonds. The topological polar surface area (TPSA) is 58.2 Å². The van der Waals surface area contributed by atoms with Crippen LogP contribution in [0.3, 0.4) is 0 Å². The van der Waals surface area contributed by atoms with Crippen LogP contribution in [0.2, 0.25) is 0 Å². The lowest BCUT2D eigenvalue weighted by Crippen LogP contribution is -2.21. The average molecular weight is 406 g/mol. The zero-order chi connectivity index (χ0) is 20.9. The Morgan fingerprint density at radius 1 is 0.581 bits per heavy atom. The van der Waals surface area contributed by atoms with Gasteiger partial charge >= 0.3 is 0 Å². The fraction of sp³-hybridized carbons (Fsp3) is 0.185. The number of rotatable bonds is 4. The highest BCUT2D eigenvalue weighted by Gasteiger charge is 2.19. The molecule has 0 aromatic heterocycles. The lowest BCUT2D eigenvalue weighted by molar-refractivity contribution is -0.123. The van der Waals surface area contributed by atoms with Crippen LogP contribution in [0.25, 0.3) is 21.5 Å². The third kappa shape index (κ3) is 2.98. The van der Waals surface area contributed by atoms with Gasteiger partial charge in [-0.2, -0.15) is 0 Å². The van der Waals surface area contributed by atoms with E-state index in [4.69, 9.17) is 0 Å². The summed E-state index contributed by atoms with van der Waals surface area (Å²) in [5.74, 6) is -0.607. The molecule has 0 saturated heterocycles. The van der Waals surface area contributed by atoms with Crippen LogP contribution >= 0.6 is 0 Å². The predicted molar refractivity (Wildman–Crippen MR) is 125 cm³/mol. The lowest BCUT2D eigenvalue weighted by Gasteiger charge is -2.12. The summed E-state index contributed by atoms with van der Waals surface area (Å²) in [5, 5.41) is 10.5. The third-order valence-electron chi connectivity index (χ3n) is 6.62. The summed E-state index contributed by atoms with van der Waals surface area (Å²) in [6, 6.07) is 20.5.